The van der Waals surface area contributed by atoms with Crippen molar-refractivity contribution in [3.8, 4) is 5.69 Å². The quantitative estimate of drug-likeness (QED) is 0.721. The Bertz CT molecular complexity index is 851. The van der Waals surface area contributed by atoms with Crippen molar-refractivity contribution in [2.45, 2.75) is 52.7 Å². The zero-order valence-electron chi connectivity index (χ0n) is 17.1. The third-order valence-corrected chi connectivity index (χ3v) is 4.38. The molecule has 0 fully saturated rings. The van der Waals surface area contributed by atoms with Gasteiger partial charge in [0.1, 0.15) is 5.60 Å². The van der Waals surface area contributed by atoms with Crippen molar-refractivity contribution in [1.29, 1.82) is 0 Å². The van der Waals surface area contributed by atoms with Crippen molar-refractivity contribution >= 4 is 27.9 Å². The lowest BCUT2D eigenvalue weighted by atomic mass is 10.0. The molecule has 28 heavy (non-hydrogen) atoms. The van der Waals surface area contributed by atoms with Gasteiger partial charge in [-0.05, 0) is 65.8 Å². The van der Waals surface area contributed by atoms with Gasteiger partial charge >= 0.3 is 6.09 Å². The standard InChI is InChI=1S/C20H27BrN4O3/c1-13-16(11-23-25(13)15-9-7-14(21)8-10-15)17(26)24-20(5,6)12-22-18(27)28-19(2,3)4/h7-11H,12H2,1-6H3,(H,22,27)(H,24,26). The Hall–Kier alpha value is -2.35. The van der Waals surface area contributed by atoms with Crippen molar-refractivity contribution in [1.82, 2.24) is 20.4 Å². The number of hydrogen-bond acceptors (Lipinski definition) is 4. The molecule has 0 saturated heterocycles. The van der Waals surface area contributed by atoms with E-state index in [1.165, 1.54) is 0 Å². The highest BCUT2D eigenvalue weighted by Gasteiger charge is 2.25. The molecule has 2 amide bonds. The van der Waals surface area contributed by atoms with Crippen LogP contribution < -0.4 is 10.6 Å². The number of amides is 2. The molecule has 1 heterocycles. The Morgan fingerprint density at radius 3 is 2.32 bits per heavy atom. The molecule has 1 aromatic heterocycles. The van der Waals surface area contributed by atoms with Gasteiger partial charge in [-0.15, -0.1) is 0 Å². The van der Waals surface area contributed by atoms with E-state index in [9.17, 15) is 9.59 Å². The van der Waals surface area contributed by atoms with Crippen molar-refractivity contribution in [3.63, 3.8) is 0 Å². The molecule has 152 valence electrons. The zero-order valence-corrected chi connectivity index (χ0v) is 18.7. The number of alkyl carbamates (subject to hydrolysis) is 1. The molecule has 0 radical (unpaired) electrons. The van der Waals surface area contributed by atoms with E-state index in [1.54, 1.807) is 31.6 Å². The number of ether oxygens (including phenoxy) is 1. The molecule has 8 heteroatoms. The highest BCUT2D eigenvalue weighted by atomic mass is 79.9. The summed E-state index contributed by atoms with van der Waals surface area (Å²) in [6.07, 6.45) is 1.03. The van der Waals surface area contributed by atoms with Crippen LogP contribution in [0.3, 0.4) is 0 Å². The van der Waals surface area contributed by atoms with Crippen molar-refractivity contribution in [2.24, 2.45) is 0 Å². The van der Waals surface area contributed by atoms with E-state index < -0.39 is 17.2 Å². The van der Waals surface area contributed by atoms with E-state index in [2.05, 4.69) is 31.7 Å². The molecule has 0 atom stereocenters. The minimum Gasteiger partial charge on any atom is -0.444 e. The van der Waals surface area contributed by atoms with Gasteiger partial charge in [0.2, 0.25) is 0 Å². The fourth-order valence-corrected chi connectivity index (χ4v) is 2.77. The van der Waals surface area contributed by atoms with E-state index in [4.69, 9.17) is 4.74 Å². The summed E-state index contributed by atoms with van der Waals surface area (Å²) in [5.41, 5.74) is 0.839. The number of nitrogens with one attached hydrogen (secondary N) is 2. The average molecular weight is 451 g/mol. The molecule has 0 saturated carbocycles. The van der Waals surface area contributed by atoms with Crippen molar-refractivity contribution < 1.29 is 14.3 Å². The van der Waals surface area contributed by atoms with Gasteiger partial charge in [-0.1, -0.05) is 15.9 Å². The maximum Gasteiger partial charge on any atom is 0.407 e. The number of rotatable bonds is 5. The summed E-state index contributed by atoms with van der Waals surface area (Å²) >= 11 is 3.41. The number of benzene rings is 1. The van der Waals surface area contributed by atoms with Crippen LogP contribution in [0.5, 0.6) is 0 Å². The topological polar surface area (TPSA) is 85.2 Å². The van der Waals surface area contributed by atoms with Gasteiger partial charge < -0.3 is 15.4 Å². The van der Waals surface area contributed by atoms with E-state index in [0.29, 0.717) is 5.56 Å². The first-order chi connectivity index (χ1) is 12.9. The summed E-state index contributed by atoms with van der Waals surface area (Å²) in [5.74, 6) is -0.253. The Morgan fingerprint density at radius 1 is 1.14 bits per heavy atom. The molecule has 2 aromatic rings. The summed E-state index contributed by atoms with van der Waals surface area (Å²) in [5, 5.41) is 9.95. The summed E-state index contributed by atoms with van der Waals surface area (Å²) in [6, 6.07) is 7.67. The van der Waals surface area contributed by atoms with Crippen molar-refractivity contribution in [2.75, 3.05) is 6.54 Å². The van der Waals surface area contributed by atoms with Gasteiger partial charge in [0.05, 0.1) is 28.7 Å². The van der Waals surface area contributed by atoms with Crippen LogP contribution in [0.25, 0.3) is 5.69 Å². The fourth-order valence-electron chi connectivity index (χ4n) is 2.50. The van der Waals surface area contributed by atoms with Crippen LogP contribution in [-0.2, 0) is 4.74 Å². The number of halogens is 1. The molecule has 7 nitrogen and oxygen atoms in total. The van der Waals surface area contributed by atoms with Crippen molar-refractivity contribution in [3.05, 3.63) is 46.2 Å². The Kier molecular flexibility index (Phi) is 6.54. The summed E-state index contributed by atoms with van der Waals surface area (Å²) in [7, 11) is 0. The predicted molar refractivity (Wildman–Crippen MR) is 112 cm³/mol. The minimum absolute atomic E-state index is 0.230. The van der Waals surface area contributed by atoms with Gasteiger partial charge in [0.25, 0.3) is 5.91 Å². The van der Waals surface area contributed by atoms with Crippen LogP contribution in [0, 0.1) is 6.92 Å². The summed E-state index contributed by atoms with van der Waals surface area (Å²) in [6.45, 7) is 11.1. The maximum atomic E-state index is 12.7. The molecule has 0 aliphatic heterocycles. The second-order valence-electron chi connectivity index (χ2n) is 8.23. The van der Waals surface area contributed by atoms with E-state index in [-0.39, 0.29) is 12.5 Å². The van der Waals surface area contributed by atoms with Gasteiger partial charge in [-0.3, -0.25) is 4.79 Å². The van der Waals surface area contributed by atoms with E-state index in [0.717, 1.165) is 15.9 Å². The first-order valence-electron chi connectivity index (χ1n) is 8.98. The lowest BCUT2D eigenvalue weighted by molar-refractivity contribution is 0.0509. The molecule has 0 aliphatic carbocycles. The lowest BCUT2D eigenvalue weighted by Crippen LogP contribution is -2.52. The van der Waals surface area contributed by atoms with Crippen LogP contribution in [0.2, 0.25) is 0 Å². The van der Waals surface area contributed by atoms with E-state index >= 15 is 0 Å². The van der Waals surface area contributed by atoms with Crippen LogP contribution in [0.1, 0.15) is 50.7 Å². The molecule has 2 rings (SSSR count). The van der Waals surface area contributed by atoms with Gasteiger partial charge in [0, 0.05) is 11.0 Å². The molecule has 0 bridgehead atoms. The first-order valence-corrected chi connectivity index (χ1v) is 9.77. The van der Waals surface area contributed by atoms with Crippen LogP contribution in [-0.4, -0.2) is 39.5 Å². The molecule has 0 unspecified atom stereocenters. The highest BCUT2D eigenvalue weighted by molar-refractivity contribution is 9.10. The number of carbonyl (C=O) groups is 2. The van der Waals surface area contributed by atoms with Gasteiger partial charge in [0.15, 0.2) is 0 Å². The maximum absolute atomic E-state index is 12.7. The zero-order chi connectivity index (χ0) is 21.1. The largest absolute Gasteiger partial charge is 0.444 e. The summed E-state index contributed by atoms with van der Waals surface area (Å²) in [4.78, 5) is 24.6. The van der Waals surface area contributed by atoms with Crippen LogP contribution in [0.4, 0.5) is 4.79 Å². The molecule has 1 aromatic carbocycles. The molecule has 0 spiro atoms. The number of hydrogen-bond donors (Lipinski definition) is 2. The average Bonchev–Trinajstić information content (AvgIpc) is 2.94. The third-order valence-electron chi connectivity index (χ3n) is 3.85. The Labute approximate surface area is 174 Å². The van der Waals surface area contributed by atoms with Gasteiger partial charge in [-0.25, -0.2) is 9.48 Å². The van der Waals surface area contributed by atoms with Crippen LogP contribution in [0.15, 0.2) is 34.9 Å². The third kappa shape index (κ3) is 6.09. The number of nitrogens with zero attached hydrogens (tertiary/aromatic N) is 2. The number of aromatic nitrogens is 2. The Balaban J connectivity index is 2.04. The normalized spacial score (nSPS) is 11.8. The minimum atomic E-state index is -0.667. The second-order valence-corrected chi connectivity index (χ2v) is 9.14. The summed E-state index contributed by atoms with van der Waals surface area (Å²) < 4.78 is 7.91. The highest BCUT2D eigenvalue weighted by Crippen LogP contribution is 2.18. The molecule has 0 aliphatic rings. The monoisotopic (exact) mass is 450 g/mol. The van der Waals surface area contributed by atoms with Gasteiger partial charge in [-0.2, -0.15) is 5.10 Å². The molecular weight excluding hydrogens is 424 g/mol. The van der Waals surface area contributed by atoms with E-state index in [1.807, 2.05) is 45.0 Å². The fraction of sp³-hybridized carbons (Fsp3) is 0.450. The smallest absolute Gasteiger partial charge is 0.407 e. The predicted octanol–water partition coefficient (Wildman–Crippen LogP) is 3.98. The SMILES string of the molecule is Cc1c(C(=O)NC(C)(C)CNC(=O)OC(C)(C)C)cnn1-c1ccc(Br)cc1. The molecule has 2 N–H and O–H groups in total. The second kappa shape index (κ2) is 8.34. The van der Waals surface area contributed by atoms with Crippen LogP contribution >= 0.6 is 15.9 Å². The Morgan fingerprint density at radius 2 is 1.75 bits per heavy atom. The molecular formula is C20H27BrN4O3. The first kappa shape index (κ1) is 21.9. The number of carbonyl (C=O) groups excluding carboxylic acids is 2. The lowest BCUT2D eigenvalue weighted by Gasteiger charge is -2.27.